The fraction of sp³-hybridized carbons (Fsp3) is 0.211. The third-order valence-corrected chi connectivity index (χ3v) is 3.78. The zero-order valence-corrected chi connectivity index (χ0v) is 14.5. The van der Waals surface area contributed by atoms with Crippen LogP contribution in [0.2, 0.25) is 0 Å². The summed E-state index contributed by atoms with van der Waals surface area (Å²) in [6.07, 6.45) is 10.6. The van der Waals surface area contributed by atoms with Crippen molar-refractivity contribution in [3.05, 3.63) is 77.9 Å². The summed E-state index contributed by atoms with van der Waals surface area (Å²) in [5.41, 5.74) is 3.01. The van der Waals surface area contributed by atoms with Gasteiger partial charge in [0.15, 0.2) is 5.82 Å². The molecule has 0 saturated carbocycles. The van der Waals surface area contributed by atoms with Gasteiger partial charge >= 0.3 is 0 Å². The highest BCUT2D eigenvalue weighted by Gasteiger charge is 2.20. The number of carbonyl (C=O) groups excluding carboxylic acids is 1. The number of aryl methyl sites for hydroxylation is 1. The first-order chi connectivity index (χ1) is 11.5. The van der Waals surface area contributed by atoms with Gasteiger partial charge in [0.05, 0.1) is 17.5 Å². The molecule has 0 aromatic carbocycles. The van der Waals surface area contributed by atoms with E-state index in [1.54, 1.807) is 35.1 Å². The molecule has 0 bridgehead atoms. The first-order valence-electron chi connectivity index (χ1n) is 7.71. The van der Waals surface area contributed by atoms with Crippen LogP contribution in [-0.4, -0.2) is 32.6 Å². The van der Waals surface area contributed by atoms with Crippen molar-refractivity contribution < 1.29 is 4.79 Å². The average Bonchev–Trinajstić information content (AvgIpc) is 2.96. The van der Waals surface area contributed by atoms with Crippen molar-refractivity contribution in [3.63, 3.8) is 0 Å². The highest BCUT2D eigenvalue weighted by atomic mass is 16.2. The second-order valence-corrected chi connectivity index (χ2v) is 5.38. The van der Waals surface area contributed by atoms with Crippen molar-refractivity contribution in [1.29, 1.82) is 0 Å². The van der Waals surface area contributed by atoms with E-state index in [0.29, 0.717) is 5.56 Å². The van der Waals surface area contributed by atoms with Gasteiger partial charge in [0.2, 0.25) is 0 Å². The summed E-state index contributed by atoms with van der Waals surface area (Å²) in [5.74, 6) is 0.591. The van der Waals surface area contributed by atoms with Gasteiger partial charge in [-0.2, -0.15) is 5.10 Å². The summed E-state index contributed by atoms with van der Waals surface area (Å²) in [6.45, 7) is 9.52. The number of hydrogen-bond donors (Lipinski definition) is 0. The van der Waals surface area contributed by atoms with Crippen LogP contribution < -0.4 is 0 Å². The lowest BCUT2D eigenvalue weighted by atomic mass is 10.2. The molecule has 2 heterocycles. The monoisotopic (exact) mass is 322 g/mol. The number of aromatic nitrogens is 3. The van der Waals surface area contributed by atoms with Crippen LogP contribution in [0.1, 0.15) is 28.5 Å². The van der Waals surface area contributed by atoms with E-state index in [1.165, 1.54) is 0 Å². The predicted molar refractivity (Wildman–Crippen MR) is 96.0 cm³/mol. The Morgan fingerprint density at radius 1 is 1.38 bits per heavy atom. The van der Waals surface area contributed by atoms with Gasteiger partial charge in [-0.3, -0.25) is 4.79 Å². The Labute approximate surface area is 142 Å². The number of hydrogen-bond acceptors (Lipinski definition) is 3. The van der Waals surface area contributed by atoms with E-state index in [-0.39, 0.29) is 5.91 Å². The van der Waals surface area contributed by atoms with E-state index in [4.69, 9.17) is 0 Å². The Hall–Kier alpha value is -2.95. The molecule has 5 nitrogen and oxygen atoms in total. The first-order valence-corrected chi connectivity index (χ1v) is 7.71. The molecule has 0 saturated heterocycles. The Balaban J connectivity index is 2.39. The van der Waals surface area contributed by atoms with Crippen molar-refractivity contribution in [2.45, 2.75) is 20.8 Å². The second-order valence-electron chi connectivity index (χ2n) is 5.38. The Morgan fingerprint density at radius 2 is 2.12 bits per heavy atom. The highest BCUT2D eigenvalue weighted by Crippen LogP contribution is 2.18. The molecule has 24 heavy (non-hydrogen) atoms. The third kappa shape index (κ3) is 3.35. The summed E-state index contributed by atoms with van der Waals surface area (Å²) in [5, 5.41) is 4.34. The fourth-order valence-electron chi connectivity index (χ4n) is 2.34. The lowest BCUT2D eigenvalue weighted by Gasteiger charge is -2.18. The Morgan fingerprint density at radius 3 is 2.75 bits per heavy atom. The summed E-state index contributed by atoms with van der Waals surface area (Å²) >= 11 is 0. The predicted octanol–water partition coefficient (Wildman–Crippen LogP) is 3.60. The van der Waals surface area contributed by atoms with Gasteiger partial charge in [0, 0.05) is 18.9 Å². The molecule has 0 unspecified atom stereocenters. The Bertz CT molecular complexity index is 815. The smallest absolute Gasteiger partial charge is 0.261 e. The van der Waals surface area contributed by atoms with Crippen molar-refractivity contribution in [2.24, 2.45) is 0 Å². The summed E-state index contributed by atoms with van der Waals surface area (Å²) < 4.78 is 1.69. The quantitative estimate of drug-likeness (QED) is 0.790. The van der Waals surface area contributed by atoms with Crippen molar-refractivity contribution in [2.75, 3.05) is 7.05 Å². The minimum Gasteiger partial charge on any atom is -0.311 e. The third-order valence-electron chi connectivity index (χ3n) is 3.78. The summed E-state index contributed by atoms with van der Waals surface area (Å²) in [7, 11) is 1.72. The van der Waals surface area contributed by atoms with Crippen molar-refractivity contribution >= 4 is 5.91 Å². The van der Waals surface area contributed by atoms with E-state index >= 15 is 0 Å². The van der Waals surface area contributed by atoms with E-state index in [2.05, 4.69) is 16.7 Å². The molecule has 0 spiro atoms. The number of likely N-dealkylation sites (N-methyl/N-ethyl adjacent to an activating group) is 1. The summed E-state index contributed by atoms with van der Waals surface area (Å²) in [6, 6.07) is 3.84. The zero-order valence-electron chi connectivity index (χ0n) is 14.5. The molecule has 1 amide bonds. The number of amides is 1. The van der Waals surface area contributed by atoms with Crippen LogP contribution in [-0.2, 0) is 0 Å². The van der Waals surface area contributed by atoms with E-state index < -0.39 is 0 Å². The van der Waals surface area contributed by atoms with E-state index in [0.717, 1.165) is 22.8 Å². The van der Waals surface area contributed by atoms with Crippen LogP contribution in [0.25, 0.3) is 5.82 Å². The van der Waals surface area contributed by atoms with E-state index in [9.17, 15) is 4.79 Å². The van der Waals surface area contributed by atoms with Crippen molar-refractivity contribution in [3.8, 4) is 5.82 Å². The Kier molecular flexibility index (Phi) is 5.47. The van der Waals surface area contributed by atoms with Crippen LogP contribution in [0.4, 0.5) is 0 Å². The van der Waals surface area contributed by atoms with Gasteiger partial charge in [-0.15, -0.1) is 0 Å². The second kappa shape index (κ2) is 7.55. The molecular formula is C19H22N4O. The number of nitrogens with zero attached hydrogens (tertiary/aromatic N) is 4. The van der Waals surface area contributed by atoms with Crippen LogP contribution >= 0.6 is 0 Å². The topological polar surface area (TPSA) is 51.0 Å². The normalized spacial score (nSPS) is 11.8. The number of allylic oxidation sites excluding steroid dienone is 4. The fourth-order valence-corrected chi connectivity index (χ4v) is 2.34. The van der Waals surface area contributed by atoms with Gasteiger partial charge in [-0.05, 0) is 44.6 Å². The molecule has 0 N–H and O–H groups in total. The van der Waals surface area contributed by atoms with Gasteiger partial charge < -0.3 is 4.90 Å². The number of pyridine rings is 1. The molecule has 0 aliphatic carbocycles. The van der Waals surface area contributed by atoms with Crippen LogP contribution in [0.15, 0.2) is 61.1 Å². The standard InChI is InChI=1S/C19H22N4O/c1-6-8-11-16(7-2)22(5)19(24)17-13-21-23(15(17)4)18-14(3)10-9-12-20-18/h6-13H,2H2,1,3-5H3/b8-6-,16-11+. The zero-order chi connectivity index (χ0) is 17.7. The molecule has 2 rings (SSSR count). The lowest BCUT2D eigenvalue weighted by Crippen LogP contribution is -2.25. The van der Waals surface area contributed by atoms with Crippen LogP contribution in [0, 0.1) is 13.8 Å². The summed E-state index contributed by atoms with van der Waals surface area (Å²) in [4.78, 5) is 18.7. The molecule has 0 aliphatic rings. The van der Waals surface area contributed by atoms with Crippen molar-refractivity contribution in [1.82, 2.24) is 19.7 Å². The molecule has 2 aromatic rings. The van der Waals surface area contributed by atoms with Gasteiger partial charge in [-0.25, -0.2) is 9.67 Å². The van der Waals surface area contributed by atoms with Crippen LogP contribution in [0.5, 0.6) is 0 Å². The maximum atomic E-state index is 12.8. The SMILES string of the molecule is C=C/C(=C\C=C/C)N(C)C(=O)c1cnn(-c2ncccc2C)c1C. The largest absolute Gasteiger partial charge is 0.311 e. The van der Waals surface area contributed by atoms with Gasteiger partial charge in [0.25, 0.3) is 5.91 Å². The van der Waals surface area contributed by atoms with E-state index in [1.807, 2.05) is 51.1 Å². The molecule has 0 aliphatic heterocycles. The molecule has 0 atom stereocenters. The molecule has 5 heteroatoms. The average molecular weight is 322 g/mol. The van der Waals surface area contributed by atoms with Gasteiger partial charge in [-0.1, -0.05) is 24.8 Å². The lowest BCUT2D eigenvalue weighted by molar-refractivity contribution is 0.0840. The molecular weight excluding hydrogens is 300 g/mol. The number of carbonyl (C=O) groups is 1. The maximum Gasteiger partial charge on any atom is 0.261 e. The minimum absolute atomic E-state index is 0.136. The number of rotatable bonds is 5. The molecule has 2 aromatic heterocycles. The first kappa shape index (κ1) is 17.4. The highest BCUT2D eigenvalue weighted by molar-refractivity contribution is 5.96. The molecule has 0 fully saturated rings. The van der Waals surface area contributed by atoms with Gasteiger partial charge in [0.1, 0.15) is 0 Å². The molecule has 124 valence electrons. The van der Waals surface area contributed by atoms with Crippen LogP contribution in [0.3, 0.4) is 0 Å². The minimum atomic E-state index is -0.136. The molecule has 0 radical (unpaired) electrons. The maximum absolute atomic E-state index is 12.8.